The molecule has 0 saturated heterocycles. The van der Waals surface area contributed by atoms with E-state index in [4.69, 9.17) is 0 Å². The van der Waals surface area contributed by atoms with Gasteiger partial charge >= 0.3 is 14.8 Å². The van der Waals surface area contributed by atoms with Gasteiger partial charge in [-0.25, -0.2) is 0 Å². The molecule has 0 bridgehead atoms. The second-order valence-electron chi connectivity index (χ2n) is 12.0. The molecule has 3 aliphatic rings. The van der Waals surface area contributed by atoms with Crippen LogP contribution in [-0.4, -0.2) is 64.2 Å². The van der Waals surface area contributed by atoms with Crippen LogP contribution in [0.15, 0.2) is 0 Å². The molecule has 198 valence electrons. The third-order valence-electron chi connectivity index (χ3n) is 9.33. The molecule has 4 heteroatoms. The summed E-state index contributed by atoms with van der Waals surface area (Å²) in [5.41, 5.74) is 0. The van der Waals surface area contributed by atoms with Crippen molar-refractivity contribution < 1.29 is 0 Å². The third-order valence-corrected chi connectivity index (χ3v) is 13.1. The maximum absolute atomic E-state index is 3.25. The van der Waals surface area contributed by atoms with Crippen molar-refractivity contribution in [1.82, 2.24) is 11.7 Å². The number of nitrogens with zero attached hydrogens (tertiary/aromatic N) is 3. The van der Waals surface area contributed by atoms with Crippen molar-refractivity contribution in [2.75, 3.05) is 19.6 Å². The fourth-order valence-electron chi connectivity index (χ4n) is 7.29. The molecule has 0 radical (unpaired) electrons. The maximum Gasteiger partial charge on any atom is 0.609 e. The summed E-state index contributed by atoms with van der Waals surface area (Å²) >= 11 is -1.39. The molecule has 3 fully saturated rings. The van der Waals surface area contributed by atoms with Crippen LogP contribution < -0.4 is 0 Å². The Morgan fingerprint density at radius 3 is 0.941 bits per heavy atom. The van der Waals surface area contributed by atoms with Crippen molar-refractivity contribution in [1.29, 1.82) is 0 Å². The summed E-state index contributed by atoms with van der Waals surface area (Å²) in [5, 5.41) is 0. The smallest absolute Gasteiger partial charge is 0.354 e. The predicted octanol–water partition coefficient (Wildman–Crippen LogP) is 8.28. The average Bonchev–Trinajstić information content (AvgIpc) is 2.90. The van der Waals surface area contributed by atoms with Crippen LogP contribution in [0.25, 0.3) is 0 Å². The molecule has 3 saturated carbocycles. The van der Waals surface area contributed by atoms with E-state index in [1.807, 2.05) is 0 Å². The van der Waals surface area contributed by atoms with E-state index in [-0.39, 0.29) is 0 Å². The minimum atomic E-state index is -1.39. The Morgan fingerprint density at radius 1 is 0.441 bits per heavy atom. The van der Waals surface area contributed by atoms with Crippen molar-refractivity contribution >= 4 is 14.8 Å². The summed E-state index contributed by atoms with van der Waals surface area (Å²) in [5.74, 6) is 0. The van der Waals surface area contributed by atoms with Crippen molar-refractivity contribution in [2.45, 2.75) is 174 Å². The molecule has 0 amide bonds. The molecule has 0 heterocycles. The zero-order valence-corrected chi connectivity index (χ0v) is 24.8. The Labute approximate surface area is 219 Å². The first-order valence-electron chi connectivity index (χ1n) is 16.1. The zero-order chi connectivity index (χ0) is 24.0. The largest absolute Gasteiger partial charge is 0.609 e. The molecule has 3 aliphatic carbocycles. The van der Waals surface area contributed by atoms with Gasteiger partial charge in [0.1, 0.15) is 0 Å². The van der Waals surface area contributed by atoms with Gasteiger partial charge in [-0.05, 0) is 95.5 Å². The third kappa shape index (κ3) is 8.76. The van der Waals surface area contributed by atoms with E-state index in [1.165, 1.54) is 154 Å². The fraction of sp³-hybridized carbons (Fsp3) is 1.00. The molecule has 34 heavy (non-hydrogen) atoms. The first-order chi connectivity index (χ1) is 16.8. The van der Waals surface area contributed by atoms with Crippen LogP contribution in [0.1, 0.15) is 156 Å². The van der Waals surface area contributed by atoms with Crippen LogP contribution >= 0.6 is 0 Å². The van der Waals surface area contributed by atoms with Gasteiger partial charge in [0.05, 0.1) is 0 Å². The number of hydrogen-bond donors (Lipinski definition) is 0. The summed E-state index contributed by atoms with van der Waals surface area (Å²) in [7, 11) is 0. The standard InChI is InChI=1S/3C10H20N.Al/c3*1-2-3-9-11-10-7-5-4-6-8-10;/h3*10H,2-9H2,1H3;/q3*-1;+3. The summed E-state index contributed by atoms with van der Waals surface area (Å²) in [4.78, 5) is 0. The van der Waals surface area contributed by atoms with E-state index in [0.717, 1.165) is 18.1 Å². The van der Waals surface area contributed by atoms with E-state index >= 15 is 0 Å². The second kappa shape index (κ2) is 17.0. The lowest BCUT2D eigenvalue weighted by Gasteiger charge is -2.51. The summed E-state index contributed by atoms with van der Waals surface area (Å²) < 4.78 is 9.74. The summed E-state index contributed by atoms with van der Waals surface area (Å²) in [6.07, 6.45) is 30.4. The van der Waals surface area contributed by atoms with Gasteiger partial charge in [-0.2, -0.15) is 0 Å². The van der Waals surface area contributed by atoms with Crippen LogP contribution in [0.4, 0.5) is 0 Å². The lowest BCUT2D eigenvalue weighted by molar-refractivity contribution is 0.132. The molecular weight excluding hydrogens is 429 g/mol. The van der Waals surface area contributed by atoms with E-state index in [0.29, 0.717) is 0 Å². The van der Waals surface area contributed by atoms with Crippen LogP contribution in [0.3, 0.4) is 0 Å². The molecule has 0 spiro atoms. The molecule has 0 aromatic rings. The normalized spacial score (nSPS) is 21.7. The van der Waals surface area contributed by atoms with E-state index in [9.17, 15) is 0 Å². The van der Waals surface area contributed by atoms with Crippen LogP contribution in [0.5, 0.6) is 0 Å². The summed E-state index contributed by atoms with van der Waals surface area (Å²) in [6.45, 7) is 11.4. The first kappa shape index (κ1) is 29.0. The second-order valence-corrected chi connectivity index (χ2v) is 14.7. The lowest BCUT2D eigenvalue weighted by Crippen LogP contribution is -2.70. The maximum atomic E-state index is 3.25. The van der Waals surface area contributed by atoms with Gasteiger partial charge in [-0.1, -0.05) is 97.8 Å². The quantitative estimate of drug-likeness (QED) is 0.214. The van der Waals surface area contributed by atoms with Crippen LogP contribution in [0.2, 0.25) is 0 Å². The highest BCUT2D eigenvalue weighted by atomic mass is 27.2. The van der Waals surface area contributed by atoms with Crippen molar-refractivity contribution in [3.8, 4) is 0 Å². The number of unbranched alkanes of at least 4 members (excludes halogenated alkanes) is 3. The van der Waals surface area contributed by atoms with E-state index in [1.54, 1.807) is 0 Å². The van der Waals surface area contributed by atoms with E-state index in [2.05, 4.69) is 32.4 Å². The van der Waals surface area contributed by atoms with Crippen molar-refractivity contribution in [3.05, 3.63) is 0 Å². The molecule has 3 nitrogen and oxygen atoms in total. The van der Waals surface area contributed by atoms with Gasteiger partial charge in [0.2, 0.25) is 0 Å². The molecule has 0 atom stereocenters. The van der Waals surface area contributed by atoms with E-state index < -0.39 is 14.8 Å². The summed E-state index contributed by atoms with van der Waals surface area (Å²) in [6, 6.07) is 2.62. The predicted molar refractivity (Wildman–Crippen MR) is 151 cm³/mol. The zero-order valence-electron chi connectivity index (χ0n) is 23.6. The SMILES string of the molecule is CCCC[N](C1CCCCC1)[Al]([N](CCCC)C1CCCCC1)[N](CCCC)C1CCCCC1. The molecule has 0 aliphatic heterocycles. The Morgan fingerprint density at radius 2 is 0.706 bits per heavy atom. The van der Waals surface area contributed by atoms with Gasteiger partial charge in [0, 0.05) is 0 Å². The monoisotopic (exact) mass is 489 g/mol. The van der Waals surface area contributed by atoms with Crippen LogP contribution in [-0.2, 0) is 0 Å². The van der Waals surface area contributed by atoms with Gasteiger partial charge in [-0.15, -0.1) is 0 Å². The van der Waals surface area contributed by atoms with Crippen molar-refractivity contribution in [2.24, 2.45) is 0 Å². The van der Waals surface area contributed by atoms with Gasteiger partial charge < -0.3 is 11.7 Å². The highest BCUT2D eigenvalue weighted by Crippen LogP contribution is 2.33. The Hall–Kier alpha value is 0.412. The Bertz CT molecular complexity index is 426. The lowest BCUT2D eigenvalue weighted by atomic mass is 9.95. The molecule has 0 aromatic carbocycles. The van der Waals surface area contributed by atoms with Crippen molar-refractivity contribution in [3.63, 3.8) is 0 Å². The molecule has 0 unspecified atom stereocenters. The Balaban J connectivity index is 1.98. The topological polar surface area (TPSA) is 9.72 Å². The number of rotatable bonds is 15. The average molecular weight is 490 g/mol. The first-order valence-corrected chi connectivity index (χ1v) is 17.6. The van der Waals surface area contributed by atoms with Gasteiger partial charge in [-0.3, -0.25) is 0 Å². The molecule has 0 N–H and O–H groups in total. The van der Waals surface area contributed by atoms with Gasteiger partial charge in [0.25, 0.3) is 0 Å². The molecule has 0 aromatic heterocycles. The fourth-order valence-corrected chi connectivity index (χ4v) is 11.7. The highest BCUT2D eigenvalue weighted by Gasteiger charge is 2.48. The minimum Gasteiger partial charge on any atom is -0.354 e. The van der Waals surface area contributed by atoms with Gasteiger partial charge in [0.15, 0.2) is 0 Å². The van der Waals surface area contributed by atoms with Crippen LogP contribution in [0, 0.1) is 0 Å². The highest BCUT2D eigenvalue weighted by molar-refractivity contribution is 6.50. The molecule has 3 rings (SSSR count). The molecular formula is C30H60AlN3. The minimum absolute atomic E-state index is 0.873. The number of hydrogen-bond acceptors (Lipinski definition) is 3. The Kier molecular flexibility index (Phi) is 14.5.